The monoisotopic (exact) mass is 407 g/mol. The molecular formula is C24H29N3O3. The average molecular weight is 408 g/mol. The van der Waals surface area contributed by atoms with Gasteiger partial charge in [0, 0.05) is 18.7 Å². The molecule has 1 fully saturated rings. The van der Waals surface area contributed by atoms with E-state index < -0.39 is 0 Å². The molecule has 1 heterocycles. The number of likely N-dealkylation sites (N-methyl/N-ethyl adjacent to an activating group) is 1. The number of para-hydroxylation sites is 2. The zero-order chi connectivity index (χ0) is 21.1. The lowest BCUT2D eigenvalue weighted by molar-refractivity contribution is -0.133. The van der Waals surface area contributed by atoms with Crippen LogP contribution in [0, 0.1) is 0 Å². The molecule has 4 rings (SSSR count). The summed E-state index contributed by atoms with van der Waals surface area (Å²) >= 11 is 0. The van der Waals surface area contributed by atoms with E-state index in [9.17, 15) is 4.79 Å². The molecule has 0 aliphatic heterocycles. The molecule has 6 heteroatoms. The zero-order valence-electron chi connectivity index (χ0n) is 17.9. The molecule has 30 heavy (non-hydrogen) atoms. The number of imidazole rings is 1. The fourth-order valence-electron chi connectivity index (χ4n) is 4.35. The molecule has 1 aliphatic carbocycles. The first kappa shape index (κ1) is 20.3. The highest BCUT2D eigenvalue weighted by Crippen LogP contribution is 2.33. The Bertz CT molecular complexity index is 1040. The van der Waals surface area contributed by atoms with Gasteiger partial charge in [-0.05, 0) is 43.2 Å². The topological polar surface area (TPSA) is 56.6 Å². The summed E-state index contributed by atoms with van der Waals surface area (Å²) in [6, 6.07) is 14.0. The number of fused-ring (bicyclic) bond motifs is 1. The van der Waals surface area contributed by atoms with E-state index in [1.54, 1.807) is 14.2 Å². The molecule has 0 unspecified atom stereocenters. The molecule has 0 spiro atoms. The minimum atomic E-state index is 0.117. The number of benzene rings is 2. The number of rotatable bonds is 6. The molecule has 0 radical (unpaired) electrons. The number of nitrogens with zero attached hydrogens (tertiary/aromatic N) is 3. The first-order valence-corrected chi connectivity index (χ1v) is 10.6. The molecule has 1 amide bonds. The maximum Gasteiger partial charge on any atom is 0.242 e. The van der Waals surface area contributed by atoms with Crippen molar-refractivity contribution in [2.75, 3.05) is 21.3 Å². The smallest absolute Gasteiger partial charge is 0.242 e. The van der Waals surface area contributed by atoms with Crippen molar-refractivity contribution in [1.82, 2.24) is 14.5 Å². The highest BCUT2D eigenvalue weighted by molar-refractivity contribution is 5.85. The maximum atomic E-state index is 13.2. The highest BCUT2D eigenvalue weighted by atomic mass is 16.5. The lowest BCUT2D eigenvalue weighted by Crippen LogP contribution is -2.40. The minimum absolute atomic E-state index is 0.117. The van der Waals surface area contributed by atoms with Crippen molar-refractivity contribution in [3.8, 4) is 22.9 Å². The van der Waals surface area contributed by atoms with Crippen molar-refractivity contribution in [3.05, 3.63) is 42.5 Å². The van der Waals surface area contributed by atoms with E-state index in [0.29, 0.717) is 17.5 Å². The predicted molar refractivity (Wildman–Crippen MR) is 118 cm³/mol. The number of aromatic nitrogens is 2. The third-order valence-corrected chi connectivity index (χ3v) is 6.11. The van der Waals surface area contributed by atoms with Crippen LogP contribution in [0.15, 0.2) is 42.5 Å². The number of carbonyl (C=O) groups excluding carboxylic acids is 1. The van der Waals surface area contributed by atoms with Crippen LogP contribution in [-0.4, -0.2) is 47.7 Å². The van der Waals surface area contributed by atoms with Gasteiger partial charge in [0.15, 0.2) is 11.5 Å². The lowest BCUT2D eigenvalue weighted by Gasteiger charge is -2.31. The predicted octanol–water partition coefficient (Wildman–Crippen LogP) is 4.51. The Morgan fingerprint density at radius 1 is 1.07 bits per heavy atom. The fourth-order valence-corrected chi connectivity index (χ4v) is 4.35. The molecular weight excluding hydrogens is 378 g/mol. The fraction of sp³-hybridized carbons (Fsp3) is 0.417. The number of hydrogen-bond donors (Lipinski definition) is 0. The number of methoxy groups -OCH3 is 2. The summed E-state index contributed by atoms with van der Waals surface area (Å²) in [6.45, 7) is 0.261. The molecule has 2 aromatic carbocycles. The SMILES string of the molecule is COc1ccc(-c2nc3ccccc3n2CC(=O)N(C)C2CCCCC2)cc1OC. The van der Waals surface area contributed by atoms with Gasteiger partial charge < -0.3 is 18.9 Å². The van der Waals surface area contributed by atoms with Gasteiger partial charge in [-0.2, -0.15) is 0 Å². The van der Waals surface area contributed by atoms with Gasteiger partial charge in [0.05, 0.1) is 25.3 Å². The van der Waals surface area contributed by atoms with E-state index in [2.05, 4.69) is 0 Å². The van der Waals surface area contributed by atoms with Gasteiger partial charge in [-0.1, -0.05) is 31.4 Å². The van der Waals surface area contributed by atoms with Crippen LogP contribution in [0.3, 0.4) is 0 Å². The summed E-state index contributed by atoms with van der Waals surface area (Å²) in [7, 11) is 5.17. The second-order valence-corrected chi connectivity index (χ2v) is 7.88. The van der Waals surface area contributed by atoms with Gasteiger partial charge in [0.1, 0.15) is 12.4 Å². The Labute approximate surface area is 177 Å². The van der Waals surface area contributed by atoms with E-state index in [4.69, 9.17) is 14.5 Å². The molecule has 158 valence electrons. The van der Waals surface area contributed by atoms with E-state index in [-0.39, 0.29) is 12.5 Å². The van der Waals surface area contributed by atoms with Gasteiger partial charge in [0.2, 0.25) is 5.91 Å². The lowest BCUT2D eigenvalue weighted by atomic mass is 9.94. The Kier molecular flexibility index (Phi) is 5.93. The molecule has 0 N–H and O–H groups in total. The summed E-state index contributed by atoms with van der Waals surface area (Å²) in [5.74, 6) is 2.17. The summed E-state index contributed by atoms with van der Waals surface area (Å²) in [5.41, 5.74) is 2.71. The molecule has 6 nitrogen and oxygen atoms in total. The second-order valence-electron chi connectivity index (χ2n) is 7.88. The number of ether oxygens (including phenoxy) is 2. The molecule has 3 aromatic rings. The Morgan fingerprint density at radius 2 is 1.80 bits per heavy atom. The molecule has 1 aromatic heterocycles. The van der Waals surface area contributed by atoms with Gasteiger partial charge in [-0.15, -0.1) is 0 Å². The molecule has 0 saturated heterocycles. The minimum Gasteiger partial charge on any atom is -0.493 e. The van der Waals surface area contributed by atoms with E-state index in [0.717, 1.165) is 35.3 Å². The number of carbonyl (C=O) groups is 1. The highest BCUT2D eigenvalue weighted by Gasteiger charge is 2.24. The van der Waals surface area contributed by atoms with Crippen LogP contribution in [0.4, 0.5) is 0 Å². The summed E-state index contributed by atoms with van der Waals surface area (Å²) in [6.07, 6.45) is 5.86. The molecule has 0 atom stereocenters. The van der Waals surface area contributed by atoms with E-state index in [1.807, 2.05) is 59.0 Å². The van der Waals surface area contributed by atoms with Crippen LogP contribution in [0.2, 0.25) is 0 Å². The Morgan fingerprint density at radius 3 is 2.53 bits per heavy atom. The average Bonchev–Trinajstić information content (AvgIpc) is 3.17. The maximum absolute atomic E-state index is 13.2. The summed E-state index contributed by atoms with van der Waals surface area (Å²) in [5, 5.41) is 0. The normalized spacial score (nSPS) is 14.6. The van der Waals surface area contributed by atoms with Crippen molar-refractivity contribution < 1.29 is 14.3 Å². The Balaban J connectivity index is 1.71. The van der Waals surface area contributed by atoms with Crippen molar-refractivity contribution in [3.63, 3.8) is 0 Å². The van der Waals surface area contributed by atoms with Crippen LogP contribution in [0.5, 0.6) is 11.5 Å². The van der Waals surface area contributed by atoms with Crippen LogP contribution in [0.1, 0.15) is 32.1 Å². The standard InChI is InChI=1S/C24H29N3O3/c1-26(18-9-5-4-6-10-18)23(28)16-27-20-12-8-7-11-19(20)25-24(27)17-13-14-21(29-2)22(15-17)30-3/h7-8,11-15,18H,4-6,9-10,16H2,1-3H3. The van der Waals surface area contributed by atoms with Crippen molar-refractivity contribution in [2.45, 2.75) is 44.7 Å². The van der Waals surface area contributed by atoms with Crippen LogP contribution < -0.4 is 9.47 Å². The van der Waals surface area contributed by atoms with Crippen LogP contribution in [-0.2, 0) is 11.3 Å². The first-order chi connectivity index (χ1) is 14.6. The van der Waals surface area contributed by atoms with Gasteiger partial charge in [-0.25, -0.2) is 4.98 Å². The second kappa shape index (κ2) is 8.78. The van der Waals surface area contributed by atoms with Crippen molar-refractivity contribution in [2.24, 2.45) is 0 Å². The van der Waals surface area contributed by atoms with Crippen molar-refractivity contribution in [1.29, 1.82) is 0 Å². The van der Waals surface area contributed by atoms with E-state index in [1.165, 1.54) is 19.3 Å². The zero-order valence-corrected chi connectivity index (χ0v) is 17.9. The van der Waals surface area contributed by atoms with Crippen molar-refractivity contribution >= 4 is 16.9 Å². The van der Waals surface area contributed by atoms with Gasteiger partial charge >= 0.3 is 0 Å². The van der Waals surface area contributed by atoms with Gasteiger partial charge in [0.25, 0.3) is 0 Å². The number of amides is 1. The Hall–Kier alpha value is -3.02. The quantitative estimate of drug-likeness (QED) is 0.603. The first-order valence-electron chi connectivity index (χ1n) is 10.6. The summed E-state index contributed by atoms with van der Waals surface area (Å²) < 4.78 is 12.9. The third-order valence-electron chi connectivity index (χ3n) is 6.11. The van der Waals surface area contributed by atoms with Crippen LogP contribution >= 0.6 is 0 Å². The van der Waals surface area contributed by atoms with Crippen LogP contribution in [0.25, 0.3) is 22.4 Å². The summed E-state index contributed by atoms with van der Waals surface area (Å²) in [4.78, 5) is 20.0. The third kappa shape index (κ3) is 3.86. The molecule has 1 saturated carbocycles. The van der Waals surface area contributed by atoms with Gasteiger partial charge in [-0.3, -0.25) is 4.79 Å². The van der Waals surface area contributed by atoms with E-state index >= 15 is 0 Å². The number of hydrogen-bond acceptors (Lipinski definition) is 4. The largest absolute Gasteiger partial charge is 0.493 e. The molecule has 0 bridgehead atoms. The molecule has 1 aliphatic rings.